The lowest BCUT2D eigenvalue weighted by atomic mass is 9.91. The van der Waals surface area contributed by atoms with Crippen LogP contribution in [0.1, 0.15) is 38.2 Å². The molecule has 1 aliphatic carbocycles. The molecule has 1 saturated carbocycles. The Morgan fingerprint density at radius 1 is 1.29 bits per heavy atom. The standard InChI is InChI=1S/C19H26N2O3/c1-13-8-15(17(22)23)11-21(10-13)18(24)20-12-19(2)9-16(19)14-6-4-3-5-7-14/h3-7,13,15-16H,8-12H2,1-2H3,(H,20,24)(H,22,23)/t13?,15?,16-,19-/m0/s1. The fourth-order valence-corrected chi connectivity index (χ4v) is 3.89. The number of hydrogen-bond acceptors (Lipinski definition) is 2. The van der Waals surface area contributed by atoms with Crippen LogP contribution in [0.4, 0.5) is 4.79 Å². The Labute approximate surface area is 143 Å². The Balaban J connectivity index is 1.53. The fourth-order valence-electron chi connectivity index (χ4n) is 3.89. The molecule has 1 saturated heterocycles. The van der Waals surface area contributed by atoms with Crippen LogP contribution in [-0.2, 0) is 4.79 Å². The highest BCUT2D eigenvalue weighted by molar-refractivity contribution is 5.76. The van der Waals surface area contributed by atoms with Gasteiger partial charge in [0.2, 0.25) is 0 Å². The highest BCUT2D eigenvalue weighted by Gasteiger charge is 2.50. The summed E-state index contributed by atoms with van der Waals surface area (Å²) in [4.78, 5) is 25.4. The predicted octanol–water partition coefficient (Wildman–Crippen LogP) is 2.93. The third-order valence-electron chi connectivity index (χ3n) is 5.49. The van der Waals surface area contributed by atoms with E-state index in [-0.39, 0.29) is 17.4 Å². The van der Waals surface area contributed by atoms with Gasteiger partial charge in [0.25, 0.3) is 0 Å². The Kier molecular flexibility index (Phi) is 4.52. The number of likely N-dealkylation sites (tertiary alicyclic amines) is 1. The number of carbonyl (C=O) groups is 2. The monoisotopic (exact) mass is 330 g/mol. The van der Waals surface area contributed by atoms with Crippen molar-refractivity contribution >= 4 is 12.0 Å². The van der Waals surface area contributed by atoms with Crippen molar-refractivity contribution in [2.24, 2.45) is 17.3 Å². The lowest BCUT2D eigenvalue weighted by molar-refractivity contribution is -0.143. The molecule has 1 aromatic rings. The summed E-state index contributed by atoms with van der Waals surface area (Å²) in [6.45, 7) is 5.78. The van der Waals surface area contributed by atoms with Gasteiger partial charge in [0.05, 0.1) is 5.92 Å². The summed E-state index contributed by atoms with van der Waals surface area (Å²) in [5.74, 6) is -0.545. The van der Waals surface area contributed by atoms with E-state index in [2.05, 4.69) is 24.4 Å². The second-order valence-corrected chi connectivity index (χ2v) is 7.76. The lowest BCUT2D eigenvalue weighted by Crippen LogP contribution is -2.50. The SMILES string of the molecule is CC1CC(C(=O)O)CN(C(=O)NC[C@]2(C)C[C@H]2c2ccccc2)C1. The largest absolute Gasteiger partial charge is 0.481 e. The second kappa shape index (κ2) is 6.46. The van der Waals surface area contributed by atoms with Crippen LogP contribution in [-0.4, -0.2) is 41.6 Å². The third-order valence-corrected chi connectivity index (χ3v) is 5.49. The number of piperidine rings is 1. The highest BCUT2D eigenvalue weighted by atomic mass is 16.4. The first-order valence-electron chi connectivity index (χ1n) is 8.69. The molecule has 3 rings (SSSR count). The lowest BCUT2D eigenvalue weighted by Gasteiger charge is -2.34. The van der Waals surface area contributed by atoms with E-state index < -0.39 is 11.9 Å². The minimum Gasteiger partial charge on any atom is -0.481 e. The molecule has 2 amide bonds. The number of carbonyl (C=O) groups excluding carboxylic acids is 1. The maximum absolute atomic E-state index is 12.5. The Hall–Kier alpha value is -2.04. The van der Waals surface area contributed by atoms with E-state index in [1.165, 1.54) is 5.56 Å². The molecule has 24 heavy (non-hydrogen) atoms. The molecule has 1 heterocycles. The van der Waals surface area contributed by atoms with Crippen LogP contribution in [0.2, 0.25) is 0 Å². The van der Waals surface area contributed by atoms with Crippen LogP contribution in [0.25, 0.3) is 0 Å². The van der Waals surface area contributed by atoms with Gasteiger partial charge < -0.3 is 15.3 Å². The predicted molar refractivity (Wildman–Crippen MR) is 91.8 cm³/mol. The minimum atomic E-state index is -0.808. The normalized spacial score (nSPS) is 32.2. The maximum atomic E-state index is 12.5. The number of carboxylic acids is 1. The minimum absolute atomic E-state index is 0.102. The number of hydrogen-bond donors (Lipinski definition) is 2. The molecule has 0 aromatic heterocycles. The Morgan fingerprint density at radius 3 is 2.67 bits per heavy atom. The molecular weight excluding hydrogens is 304 g/mol. The molecule has 0 radical (unpaired) electrons. The number of benzene rings is 1. The number of rotatable bonds is 4. The van der Waals surface area contributed by atoms with E-state index in [0.29, 0.717) is 32.0 Å². The summed E-state index contributed by atoms with van der Waals surface area (Å²) in [7, 11) is 0. The molecular formula is C19H26N2O3. The molecule has 5 heteroatoms. The van der Waals surface area contributed by atoms with Gasteiger partial charge in [0.15, 0.2) is 0 Å². The van der Waals surface area contributed by atoms with Crippen LogP contribution < -0.4 is 5.32 Å². The number of carboxylic acid groups (broad SMARTS) is 1. The second-order valence-electron chi connectivity index (χ2n) is 7.76. The van der Waals surface area contributed by atoms with Gasteiger partial charge in [-0.25, -0.2) is 4.79 Å². The molecule has 4 atom stereocenters. The molecule has 130 valence electrons. The third kappa shape index (κ3) is 3.55. The molecule has 1 aliphatic heterocycles. The number of aliphatic carboxylic acids is 1. The van der Waals surface area contributed by atoms with E-state index in [9.17, 15) is 14.7 Å². The summed E-state index contributed by atoms with van der Waals surface area (Å²) >= 11 is 0. The topological polar surface area (TPSA) is 69.6 Å². The van der Waals surface area contributed by atoms with Gasteiger partial charge >= 0.3 is 12.0 Å². The quantitative estimate of drug-likeness (QED) is 0.892. The van der Waals surface area contributed by atoms with Crippen LogP contribution in [0.15, 0.2) is 30.3 Å². The molecule has 2 aliphatic rings. The van der Waals surface area contributed by atoms with E-state index in [1.807, 2.05) is 25.1 Å². The van der Waals surface area contributed by atoms with Gasteiger partial charge in [0, 0.05) is 19.6 Å². The van der Waals surface area contributed by atoms with Crippen molar-refractivity contribution in [2.75, 3.05) is 19.6 Å². The number of nitrogens with one attached hydrogen (secondary N) is 1. The average molecular weight is 330 g/mol. The molecule has 2 N–H and O–H groups in total. The maximum Gasteiger partial charge on any atom is 0.317 e. The van der Waals surface area contributed by atoms with Gasteiger partial charge in [-0.05, 0) is 35.7 Å². The molecule has 2 unspecified atom stereocenters. The van der Waals surface area contributed by atoms with Gasteiger partial charge in [0.1, 0.15) is 0 Å². The zero-order chi connectivity index (χ0) is 17.3. The van der Waals surface area contributed by atoms with Crippen molar-refractivity contribution in [2.45, 2.75) is 32.6 Å². The Morgan fingerprint density at radius 2 is 2.00 bits per heavy atom. The first-order valence-corrected chi connectivity index (χ1v) is 8.69. The van der Waals surface area contributed by atoms with Crippen molar-refractivity contribution in [3.8, 4) is 0 Å². The summed E-state index contributed by atoms with van der Waals surface area (Å²) in [5, 5.41) is 12.3. The highest BCUT2D eigenvalue weighted by Crippen LogP contribution is 2.58. The molecule has 0 bridgehead atoms. The summed E-state index contributed by atoms with van der Waals surface area (Å²) in [6, 6.07) is 10.3. The smallest absolute Gasteiger partial charge is 0.317 e. The van der Waals surface area contributed by atoms with Crippen molar-refractivity contribution in [1.82, 2.24) is 10.2 Å². The summed E-state index contributed by atoms with van der Waals surface area (Å²) in [6.07, 6.45) is 1.72. The van der Waals surface area contributed by atoms with Crippen LogP contribution >= 0.6 is 0 Å². The first-order chi connectivity index (χ1) is 11.4. The van der Waals surface area contributed by atoms with Crippen LogP contribution in [0.5, 0.6) is 0 Å². The van der Waals surface area contributed by atoms with Crippen molar-refractivity contribution in [1.29, 1.82) is 0 Å². The average Bonchev–Trinajstić information content (AvgIpc) is 3.25. The van der Waals surface area contributed by atoms with E-state index in [0.717, 1.165) is 6.42 Å². The van der Waals surface area contributed by atoms with Crippen LogP contribution in [0, 0.1) is 17.3 Å². The summed E-state index contributed by atoms with van der Waals surface area (Å²) < 4.78 is 0. The number of amides is 2. The molecule has 2 fully saturated rings. The first kappa shape index (κ1) is 16.8. The van der Waals surface area contributed by atoms with Crippen molar-refractivity contribution < 1.29 is 14.7 Å². The van der Waals surface area contributed by atoms with Gasteiger partial charge in [-0.15, -0.1) is 0 Å². The van der Waals surface area contributed by atoms with Gasteiger partial charge in [-0.1, -0.05) is 44.2 Å². The van der Waals surface area contributed by atoms with E-state index in [4.69, 9.17) is 0 Å². The van der Waals surface area contributed by atoms with E-state index in [1.54, 1.807) is 4.90 Å². The molecule has 1 aromatic carbocycles. The van der Waals surface area contributed by atoms with Crippen molar-refractivity contribution in [3.05, 3.63) is 35.9 Å². The molecule has 0 spiro atoms. The van der Waals surface area contributed by atoms with Gasteiger partial charge in [-0.2, -0.15) is 0 Å². The Bertz CT molecular complexity index is 618. The summed E-state index contributed by atoms with van der Waals surface area (Å²) in [5.41, 5.74) is 1.43. The number of nitrogens with zero attached hydrogens (tertiary/aromatic N) is 1. The fraction of sp³-hybridized carbons (Fsp3) is 0.579. The van der Waals surface area contributed by atoms with E-state index >= 15 is 0 Å². The zero-order valence-corrected chi connectivity index (χ0v) is 14.4. The number of urea groups is 1. The zero-order valence-electron chi connectivity index (χ0n) is 14.4. The molecule has 5 nitrogen and oxygen atoms in total. The van der Waals surface area contributed by atoms with Gasteiger partial charge in [-0.3, -0.25) is 4.79 Å². The van der Waals surface area contributed by atoms with Crippen LogP contribution in [0.3, 0.4) is 0 Å². The van der Waals surface area contributed by atoms with Crippen molar-refractivity contribution in [3.63, 3.8) is 0 Å².